The number of aromatic nitrogens is 2. The van der Waals surface area contributed by atoms with E-state index in [0.29, 0.717) is 36.4 Å². The summed E-state index contributed by atoms with van der Waals surface area (Å²) in [6, 6.07) is 7.99. The molecular weight excluding hydrogens is 577 g/mol. The zero-order chi connectivity index (χ0) is 29.3. The smallest absolute Gasteiger partial charge is 0.310 e. The van der Waals surface area contributed by atoms with Crippen LogP contribution in [0.2, 0.25) is 5.02 Å². The van der Waals surface area contributed by atoms with E-state index < -0.39 is 27.1 Å². The van der Waals surface area contributed by atoms with Crippen molar-refractivity contribution in [3.8, 4) is 6.07 Å². The Morgan fingerprint density at radius 3 is 2.42 bits per heavy atom. The SMILES string of the molecule is C[C@@H]1Cc2nn3c(c2CN1C(=O)c1ccc(Cl)c(C#N)c1)C(=O)N([C@@H](C)c1ccc(S(F)(F)(F)(F)F)cc1)CC3. The van der Waals surface area contributed by atoms with Crippen molar-refractivity contribution in [3.63, 3.8) is 0 Å². The van der Waals surface area contributed by atoms with E-state index in [0.717, 1.165) is 12.1 Å². The van der Waals surface area contributed by atoms with Crippen molar-refractivity contribution in [2.45, 2.75) is 50.3 Å². The number of nitrogens with zero attached hydrogens (tertiary/aromatic N) is 5. The van der Waals surface area contributed by atoms with Crippen molar-refractivity contribution in [3.05, 3.63) is 81.1 Å². The molecule has 0 radical (unpaired) electrons. The summed E-state index contributed by atoms with van der Waals surface area (Å²) < 4.78 is 67.3. The maximum absolute atomic E-state index is 13.7. The van der Waals surface area contributed by atoms with Crippen molar-refractivity contribution in [2.24, 2.45) is 0 Å². The maximum Gasteiger partial charge on any atom is 0.310 e. The molecule has 0 bridgehead atoms. The highest BCUT2D eigenvalue weighted by Crippen LogP contribution is 3.02. The van der Waals surface area contributed by atoms with Crippen LogP contribution in [0.1, 0.15) is 63.1 Å². The third kappa shape index (κ3) is 4.90. The molecule has 2 amide bonds. The lowest BCUT2D eigenvalue weighted by molar-refractivity contribution is 0.0605. The number of nitriles is 1. The molecule has 0 unspecified atom stereocenters. The second-order valence-corrected chi connectivity index (χ2v) is 12.8. The number of carbonyl (C=O) groups excluding carboxylic acids is 2. The Kier molecular flexibility index (Phi) is 6.06. The zero-order valence-electron chi connectivity index (χ0n) is 21.3. The second kappa shape index (κ2) is 8.68. The predicted molar refractivity (Wildman–Crippen MR) is 139 cm³/mol. The molecule has 0 saturated carbocycles. The largest absolute Gasteiger partial charge is 0.331 e. The van der Waals surface area contributed by atoms with Gasteiger partial charge in [-0.3, -0.25) is 14.3 Å². The second-order valence-electron chi connectivity index (χ2n) is 10.0. The number of rotatable bonds is 4. The first-order valence-electron chi connectivity index (χ1n) is 12.2. The van der Waals surface area contributed by atoms with Crippen LogP contribution >= 0.6 is 21.8 Å². The van der Waals surface area contributed by atoms with Gasteiger partial charge in [-0.05, 0) is 49.7 Å². The summed E-state index contributed by atoms with van der Waals surface area (Å²) in [7, 11) is -9.81. The standard InChI is InChI=1S/C26H23ClF5N5O2S/c1-15-11-23-21(14-36(15)25(38)18-5-8-22(27)19(12-18)13-33)24-26(39)35(9-10-37(24)34-23)16(2)17-3-6-20(7-4-17)40(28,29,30,31)32/h3-8,12,15-16H,9-11,14H2,1-2H3/t15-,16+/m1/s1. The Morgan fingerprint density at radius 2 is 1.80 bits per heavy atom. The third-order valence-corrected chi connectivity index (χ3v) is 8.86. The molecule has 0 spiro atoms. The van der Waals surface area contributed by atoms with Crippen molar-refractivity contribution in [1.29, 1.82) is 5.26 Å². The van der Waals surface area contributed by atoms with Gasteiger partial charge in [0.05, 0.1) is 35.4 Å². The van der Waals surface area contributed by atoms with Crippen LogP contribution < -0.4 is 0 Å². The Morgan fingerprint density at radius 1 is 1.12 bits per heavy atom. The topological polar surface area (TPSA) is 82.2 Å². The van der Waals surface area contributed by atoms with Crippen LogP contribution in [-0.2, 0) is 19.5 Å². The first kappa shape index (κ1) is 27.9. The molecule has 0 N–H and O–H groups in total. The molecular formula is C26H23ClF5N5O2S. The minimum Gasteiger partial charge on any atom is -0.331 e. The van der Waals surface area contributed by atoms with E-state index in [1.165, 1.54) is 23.1 Å². The monoisotopic (exact) mass is 599 g/mol. The number of halogens is 6. The van der Waals surface area contributed by atoms with Gasteiger partial charge in [0.1, 0.15) is 16.7 Å². The summed E-state index contributed by atoms with van der Waals surface area (Å²) >= 11 is 6.00. The molecule has 3 aromatic rings. The Labute approximate surface area is 231 Å². The van der Waals surface area contributed by atoms with Crippen LogP contribution in [0.4, 0.5) is 19.4 Å². The van der Waals surface area contributed by atoms with Crippen LogP contribution in [0.15, 0.2) is 47.4 Å². The Bertz CT molecular complexity index is 1600. The summed E-state index contributed by atoms with van der Waals surface area (Å²) in [6.07, 6.45) is 0.387. The molecule has 0 fully saturated rings. The van der Waals surface area contributed by atoms with Gasteiger partial charge in [-0.25, -0.2) is 0 Å². The van der Waals surface area contributed by atoms with Crippen LogP contribution in [-0.4, -0.2) is 44.0 Å². The molecule has 0 aliphatic carbocycles. The Balaban J connectivity index is 1.42. The third-order valence-electron chi connectivity index (χ3n) is 7.37. The first-order chi connectivity index (χ1) is 18.5. The normalized spacial score (nSPS) is 19.7. The molecule has 2 aromatic carbocycles. The zero-order valence-corrected chi connectivity index (χ0v) is 22.8. The van der Waals surface area contributed by atoms with Gasteiger partial charge in [-0.2, -0.15) is 10.4 Å². The van der Waals surface area contributed by atoms with E-state index >= 15 is 0 Å². The van der Waals surface area contributed by atoms with Crippen LogP contribution in [0, 0.1) is 11.3 Å². The van der Waals surface area contributed by atoms with Gasteiger partial charge >= 0.3 is 10.2 Å². The van der Waals surface area contributed by atoms with Gasteiger partial charge in [-0.1, -0.05) is 43.2 Å². The Hall–Kier alpha value is -3.63. The van der Waals surface area contributed by atoms with Gasteiger partial charge < -0.3 is 9.80 Å². The number of hydrogen-bond acceptors (Lipinski definition) is 4. The molecule has 0 saturated heterocycles. The number of amides is 2. The lowest BCUT2D eigenvalue weighted by atomic mass is 9.97. The summed E-state index contributed by atoms with van der Waals surface area (Å²) in [5.74, 6) is -0.770. The molecule has 5 rings (SSSR count). The summed E-state index contributed by atoms with van der Waals surface area (Å²) in [5.41, 5.74) is 2.21. The van der Waals surface area contributed by atoms with Crippen molar-refractivity contribution < 1.29 is 29.0 Å². The quantitative estimate of drug-likeness (QED) is 0.307. The summed E-state index contributed by atoms with van der Waals surface area (Å²) in [6.45, 7) is 4.06. The molecule has 7 nitrogen and oxygen atoms in total. The minimum atomic E-state index is -9.81. The molecule has 2 aliphatic rings. The van der Waals surface area contributed by atoms with Gasteiger partial charge in [0, 0.05) is 30.1 Å². The molecule has 40 heavy (non-hydrogen) atoms. The van der Waals surface area contributed by atoms with E-state index in [4.69, 9.17) is 11.6 Å². The highest BCUT2D eigenvalue weighted by molar-refractivity contribution is 8.45. The maximum atomic E-state index is 13.7. The molecule has 212 valence electrons. The van der Waals surface area contributed by atoms with Crippen molar-refractivity contribution in [2.75, 3.05) is 6.54 Å². The molecule has 1 aromatic heterocycles. The fourth-order valence-electron chi connectivity index (χ4n) is 5.17. The molecule has 2 atom stereocenters. The summed E-state index contributed by atoms with van der Waals surface area (Å²) in [5, 5.41) is 14.1. The average molecular weight is 600 g/mol. The van der Waals surface area contributed by atoms with E-state index in [-0.39, 0.29) is 52.4 Å². The molecule has 2 aliphatic heterocycles. The lowest BCUT2D eigenvalue weighted by Crippen LogP contribution is -2.44. The van der Waals surface area contributed by atoms with E-state index in [1.807, 2.05) is 13.0 Å². The molecule has 14 heteroatoms. The van der Waals surface area contributed by atoms with Crippen molar-refractivity contribution in [1.82, 2.24) is 19.6 Å². The number of carbonyl (C=O) groups is 2. The predicted octanol–water partition coefficient (Wildman–Crippen LogP) is 6.87. The van der Waals surface area contributed by atoms with E-state index in [9.17, 15) is 34.3 Å². The van der Waals surface area contributed by atoms with Crippen molar-refractivity contribution >= 4 is 33.6 Å². The highest BCUT2D eigenvalue weighted by Gasteiger charge is 2.65. The van der Waals surface area contributed by atoms with Gasteiger partial charge in [0.2, 0.25) is 0 Å². The average Bonchev–Trinajstić information content (AvgIpc) is 3.24. The first-order valence-corrected chi connectivity index (χ1v) is 14.6. The number of benzene rings is 2. The van der Waals surface area contributed by atoms with Gasteiger partial charge in [0.15, 0.2) is 0 Å². The van der Waals surface area contributed by atoms with Crippen LogP contribution in [0.3, 0.4) is 0 Å². The fraction of sp³-hybridized carbons (Fsp3) is 0.308. The minimum absolute atomic E-state index is 0.0851. The van der Waals surface area contributed by atoms with E-state index in [1.54, 1.807) is 16.5 Å². The number of fused-ring (bicyclic) bond motifs is 3. The van der Waals surface area contributed by atoms with Crippen LogP contribution in [0.25, 0.3) is 0 Å². The number of hydrogen-bond donors (Lipinski definition) is 0. The lowest BCUT2D eigenvalue weighted by Gasteiger charge is -2.40. The van der Waals surface area contributed by atoms with E-state index in [2.05, 4.69) is 5.10 Å². The van der Waals surface area contributed by atoms with Gasteiger partial charge in [-0.15, -0.1) is 0 Å². The fourth-order valence-corrected chi connectivity index (χ4v) is 5.98. The van der Waals surface area contributed by atoms with Crippen LogP contribution in [0.5, 0.6) is 0 Å². The molecule has 3 heterocycles. The highest BCUT2D eigenvalue weighted by atomic mass is 35.5. The summed E-state index contributed by atoms with van der Waals surface area (Å²) in [4.78, 5) is 28.1. The van der Waals surface area contributed by atoms with Gasteiger partial charge in [0.25, 0.3) is 11.8 Å².